The summed E-state index contributed by atoms with van der Waals surface area (Å²) in [5.41, 5.74) is 11.2. The van der Waals surface area contributed by atoms with Gasteiger partial charge in [-0.2, -0.15) is 9.13 Å². The van der Waals surface area contributed by atoms with Crippen LogP contribution in [0.15, 0.2) is 85.4 Å². The molecule has 1 aromatic carbocycles. The predicted molar refractivity (Wildman–Crippen MR) is 166 cm³/mol. The molecule has 4 heterocycles. The molecule has 2 aromatic heterocycles. The van der Waals surface area contributed by atoms with E-state index in [2.05, 4.69) is 90.5 Å². The van der Waals surface area contributed by atoms with E-state index in [1.54, 1.807) is 6.92 Å². The van der Waals surface area contributed by atoms with Gasteiger partial charge in [-0.25, -0.2) is 0 Å². The normalized spacial score (nSPS) is 22.3. The van der Waals surface area contributed by atoms with Gasteiger partial charge in [0.1, 0.15) is 11.7 Å². The first kappa shape index (κ1) is 27.4. The van der Waals surface area contributed by atoms with Crippen LogP contribution in [0.3, 0.4) is 0 Å². The Bertz CT molecular complexity index is 1570. The van der Waals surface area contributed by atoms with Crippen LogP contribution in [0.1, 0.15) is 105 Å². The summed E-state index contributed by atoms with van der Waals surface area (Å²) in [5.74, 6) is 1.41. The molecule has 2 aliphatic heterocycles. The second-order valence-electron chi connectivity index (χ2n) is 12.1. The van der Waals surface area contributed by atoms with Crippen molar-refractivity contribution in [3.8, 4) is 11.3 Å². The number of nitrogens with zero attached hydrogens (tertiary/aromatic N) is 2. The maximum absolute atomic E-state index is 8.10. The van der Waals surface area contributed by atoms with Gasteiger partial charge in [0.05, 0.1) is 11.1 Å². The average molecular weight is 546 g/mol. The fourth-order valence-electron chi connectivity index (χ4n) is 7.70. The molecule has 1 fully saturated rings. The van der Waals surface area contributed by atoms with Crippen molar-refractivity contribution in [2.75, 3.05) is 0 Å². The highest BCUT2D eigenvalue weighted by molar-refractivity contribution is 5.82. The average Bonchev–Trinajstić information content (AvgIpc) is 3.03. The van der Waals surface area contributed by atoms with Crippen molar-refractivity contribution in [1.82, 2.24) is 0 Å². The van der Waals surface area contributed by atoms with Crippen LogP contribution in [0.5, 0.6) is 0 Å². The highest BCUT2D eigenvalue weighted by Crippen LogP contribution is 2.46. The van der Waals surface area contributed by atoms with Crippen molar-refractivity contribution in [2.45, 2.75) is 90.0 Å². The summed E-state index contributed by atoms with van der Waals surface area (Å²) in [5, 5.41) is 8.10. The summed E-state index contributed by atoms with van der Waals surface area (Å²) in [7, 11) is 0. The molecule has 41 heavy (non-hydrogen) atoms. The summed E-state index contributed by atoms with van der Waals surface area (Å²) in [6, 6.07) is 18.0. The Hall–Kier alpha value is -3.79. The van der Waals surface area contributed by atoms with E-state index in [1.165, 1.54) is 65.6 Å². The SMILES string of the molecule is C=C(OC(C)=N)/C1=C(\CC)CCC2C(C(=C)[n+]3cc(C4CCCCC4)c(C)cc31)c1ccccc1-c1cccc[n+]12. The summed E-state index contributed by atoms with van der Waals surface area (Å²) >= 11 is 0. The fraction of sp³-hybridized carbons (Fsp3) is 0.378. The van der Waals surface area contributed by atoms with E-state index in [4.69, 9.17) is 16.7 Å². The van der Waals surface area contributed by atoms with E-state index in [1.807, 2.05) is 0 Å². The molecule has 1 aliphatic carbocycles. The lowest BCUT2D eigenvalue weighted by atomic mass is 9.79. The van der Waals surface area contributed by atoms with Gasteiger partial charge in [-0.05, 0) is 68.4 Å². The largest absolute Gasteiger partial charge is 0.444 e. The second-order valence-corrected chi connectivity index (χ2v) is 12.1. The van der Waals surface area contributed by atoms with Crippen LogP contribution in [0.4, 0.5) is 0 Å². The number of nitrogens with one attached hydrogen (secondary N) is 1. The van der Waals surface area contributed by atoms with Crippen LogP contribution in [0.2, 0.25) is 0 Å². The first-order valence-electron chi connectivity index (χ1n) is 15.4. The van der Waals surface area contributed by atoms with Crippen molar-refractivity contribution in [3.05, 3.63) is 108 Å². The molecule has 6 rings (SSSR count). The summed E-state index contributed by atoms with van der Waals surface area (Å²) in [4.78, 5) is 0. The molecule has 0 amide bonds. The zero-order valence-electron chi connectivity index (χ0n) is 24.9. The van der Waals surface area contributed by atoms with Crippen LogP contribution < -0.4 is 9.13 Å². The van der Waals surface area contributed by atoms with E-state index in [0.717, 1.165) is 36.2 Å². The van der Waals surface area contributed by atoms with Gasteiger partial charge < -0.3 is 4.74 Å². The first-order valence-corrected chi connectivity index (χ1v) is 15.4. The Kier molecular flexibility index (Phi) is 7.50. The Balaban J connectivity index is 1.62. The monoisotopic (exact) mass is 545 g/mol. The number of aromatic nitrogens is 2. The molecule has 2 atom stereocenters. The molecule has 0 spiro atoms. The standard InChI is InChI=1S/C37H43N3O/c1-6-28-19-20-34-36(31-17-11-10-16-30(31)33-18-12-13-21-39(33)34)25(3)40-23-32(29-14-8-7-9-15-29)24(2)22-35(40)37(28)26(4)41-27(5)38/h10-13,16-18,21-23,29,34,36,38H,3-4,6-9,14-15,19-20H2,1-2,5H3/q+2/b37-28-,38-27?. The maximum Gasteiger partial charge on any atom is 0.222 e. The zero-order valence-corrected chi connectivity index (χ0v) is 24.9. The van der Waals surface area contributed by atoms with Gasteiger partial charge >= 0.3 is 0 Å². The van der Waals surface area contributed by atoms with Gasteiger partial charge in [-0.3, -0.25) is 5.41 Å². The number of aryl methyl sites for hydroxylation is 1. The van der Waals surface area contributed by atoms with Crippen LogP contribution >= 0.6 is 0 Å². The third kappa shape index (κ3) is 4.88. The van der Waals surface area contributed by atoms with Gasteiger partial charge in [-0.1, -0.05) is 56.5 Å². The highest BCUT2D eigenvalue weighted by atomic mass is 16.5. The van der Waals surface area contributed by atoms with Crippen LogP contribution in [-0.4, -0.2) is 5.90 Å². The molecule has 210 valence electrons. The number of ether oxygens (including phenoxy) is 1. The van der Waals surface area contributed by atoms with Crippen LogP contribution in [-0.2, 0) is 4.74 Å². The Morgan fingerprint density at radius 1 is 1.00 bits per heavy atom. The quantitative estimate of drug-likeness (QED) is 0.152. The molecule has 4 nitrogen and oxygen atoms in total. The molecule has 3 aromatic rings. The van der Waals surface area contributed by atoms with E-state index >= 15 is 0 Å². The molecule has 0 saturated heterocycles. The number of fused-ring (bicyclic) bond motifs is 7. The van der Waals surface area contributed by atoms with E-state index < -0.39 is 0 Å². The number of rotatable bonds is 4. The van der Waals surface area contributed by atoms with Crippen LogP contribution in [0, 0.1) is 12.3 Å². The lowest BCUT2D eigenvalue weighted by molar-refractivity contribution is -0.720. The van der Waals surface area contributed by atoms with Crippen LogP contribution in [0.25, 0.3) is 22.5 Å². The third-order valence-electron chi connectivity index (χ3n) is 9.59. The minimum Gasteiger partial charge on any atom is -0.444 e. The number of pyridine rings is 2. The minimum absolute atomic E-state index is 0.118. The number of allylic oxidation sites excluding steroid dienone is 3. The molecular weight excluding hydrogens is 502 g/mol. The van der Waals surface area contributed by atoms with Gasteiger partial charge in [0.2, 0.25) is 11.4 Å². The zero-order chi connectivity index (χ0) is 28.7. The number of hydrogen-bond donors (Lipinski definition) is 1. The summed E-state index contributed by atoms with van der Waals surface area (Å²) < 4.78 is 10.8. The van der Waals surface area contributed by atoms with Gasteiger partial charge in [0.15, 0.2) is 30.0 Å². The molecule has 3 aliphatic rings. The van der Waals surface area contributed by atoms with Gasteiger partial charge in [0, 0.05) is 37.1 Å². The van der Waals surface area contributed by atoms with Gasteiger partial charge in [-0.15, -0.1) is 0 Å². The number of benzene rings is 1. The molecule has 1 saturated carbocycles. The Morgan fingerprint density at radius 2 is 1.76 bits per heavy atom. The smallest absolute Gasteiger partial charge is 0.222 e. The molecular formula is C37H43N3O+2. The van der Waals surface area contributed by atoms with E-state index in [9.17, 15) is 0 Å². The topological polar surface area (TPSA) is 40.8 Å². The molecule has 1 N–H and O–H groups in total. The highest BCUT2D eigenvalue weighted by Gasteiger charge is 2.46. The Morgan fingerprint density at radius 3 is 2.51 bits per heavy atom. The predicted octanol–water partition coefficient (Wildman–Crippen LogP) is 8.58. The second kappa shape index (κ2) is 11.2. The van der Waals surface area contributed by atoms with Gasteiger partial charge in [0.25, 0.3) is 0 Å². The Labute approximate surface area is 245 Å². The van der Waals surface area contributed by atoms with E-state index in [-0.39, 0.29) is 17.9 Å². The molecule has 4 heteroatoms. The van der Waals surface area contributed by atoms with Crippen molar-refractivity contribution in [2.24, 2.45) is 0 Å². The van der Waals surface area contributed by atoms with Crippen molar-refractivity contribution >= 4 is 17.2 Å². The maximum atomic E-state index is 8.10. The molecule has 0 bridgehead atoms. The third-order valence-corrected chi connectivity index (χ3v) is 9.59. The van der Waals surface area contributed by atoms with E-state index in [0.29, 0.717) is 11.7 Å². The lowest BCUT2D eigenvalue weighted by Gasteiger charge is -2.29. The lowest BCUT2D eigenvalue weighted by Crippen LogP contribution is -2.51. The van der Waals surface area contributed by atoms with Crippen molar-refractivity contribution in [3.63, 3.8) is 0 Å². The molecule has 0 radical (unpaired) electrons. The fourth-order valence-corrected chi connectivity index (χ4v) is 7.70. The summed E-state index contributed by atoms with van der Waals surface area (Å²) in [6.45, 7) is 15.4. The van der Waals surface area contributed by atoms with Crippen molar-refractivity contribution < 1.29 is 13.9 Å². The molecule has 2 unspecified atom stereocenters. The summed E-state index contributed by atoms with van der Waals surface area (Å²) in [6.07, 6.45) is 13.9. The number of hydrogen-bond acceptors (Lipinski definition) is 2. The minimum atomic E-state index is 0.118. The first-order chi connectivity index (χ1) is 19.9. The van der Waals surface area contributed by atoms with Crippen molar-refractivity contribution in [1.29, 1.82) is 5.41 Å².